The summed E-state index contributed by atoms with van der Waals surface area (Å²) in [5, 5.41) is 2.48. The van der Waals surface area contributed by atoms with Crippen molar-refractivity contribution in [1.82, 2.24) is 9.88 Å². The summed E-state index contributed by atoms with van der Waals surface area (Å²) < 4.78 is 0. The van der Waals surface area contributed by atoms with Crippen LogP contribution in [-0.4, -0.2) is 26.9 Å². The average molecular weight is 432 g/mol. The van der Waals surface area contributed by atoms with Crippen LogP contribution in [0.3, 0.4) is 0 Å². The van der Waals surface area contributed by atoms with Crippen LogP contribution in [0.15, 0.2) is 78.0 Å². The van der Waals surface area contributed by atoms with E-state index in [0.29, 0.717) is 13.1 Å². The molecular formula is C25H25N3O2S. The number of nitrogens with zero attached hydrogens (tertiary/aromatic N) is 2. The standard InChI is InChI=1S/C25H25N3O2S/c1-2-18-9-11-19(12-10-18)16-28(17-20-6-5-13-26-15-20)24(29)14-23-25(30)27-21-7-3-4-8-22(21)31-23/h3-13,15,23H,2,14,16-17H2,1H3,(H,27,30)/t23-/m0/s1. The molecule has 0 spiro atoms. The van der Waals surface area contributed by atoms with Crippen LogP contribution in [0.2, 0.25) is 0 Å². The molecule has 4 rings (SSSR count). The number of aryl methyl sites for hydroxylation is 1. The third-order valence-electron chi connectivity index (χ3n) is 5.32. The molecule has 31 heavy (non-hydrogen) atoms. The van der Waals surface area contributed by atoms with E-state index in [4.69, 9.17) is 0 Å². The van der Waals surface area contributed by atoms with Crippen LogP contribution < -0.4 is 5.32 Å². The van der Waals surface area contributed by atoms with E-state index in [2.05, 4.69) is 41.5 Å². The Morgan fingerprint density at radius 3 is 2.48 bits per heavy atom. The molecule has 0 fully saturated rings. The Hall–Kier alpha value is -3.12. The zero-order valence-corrected chi connectivity index (χ0v) is 18.3. The van der Waals surface area contributed by atoms with Crippen molar-refractivity contribution in [3.8, 4) is 0 Å². The van der Waals surface area contributed by atoms with E-state index in [1.54, 1.807) is 12.4 Å². The number of carbonyl (C=O) groups is 2. The smallest absolute Gasteiger partial charge is 0.238 e. The maximum absolute atomic E-state index is 13.3. The lowest BCUT2D eigenvalue weighted by molar-refractivity contribution is -0.133. The fourth-order valence-electron chi connectivity index (χ4n) is 3.56. The van der Waals surface area contributed by atoms with Crippen LogP contribution in [0, 0.1) is 0 Å². The summed E-state index contributed by atoms with van der Waals surface area (Å²) in [7, 11) is 0. The summed E-state index contributed by atoms with van der Waals surface area (Å²) >= 11 is 1.46. The highest BCUT2D eigenvalue weighted by atomic mass is 32.2. The van der Waals surface area contributed by atoms with E-state index in [1.807, 2.05) is 41.3 Å². The monoisotopic (exact) mass is 431 g/mol. The molecule has 1 aromatic heterocycles. The van der Waals surface area contributed by atoms with Gasteiger partial charge in [-0.2, -0.15) is 0 Å². The predicted octanol–water partition coefficient (Wildman–Crippen LogP) is 4.68. The third kappa shape index (κ3) is 5.33. The van der Waals surface area contributed by atoms with Crippen LogP contribution in [0.1, 0.15) is 30.0 Å². The highest BCUT2D eigenvalue weighted by Crippen LogP contribution is 2.37. The number of pyridine rings is 1. The largest absolute Gasteiger partial charge is 0.334 e. The number of rotatable bonds is 7. The molecule has 1 atom stereocenters. The molecule has 0 unspecified atom stereocenters. The molecule has 0 aliphatic carbocycles. The number of thioether (sulfide) groups is 1. The van der Waals surface area contributed by atoms with Crippen molar-refractivity contribution in [2.45, 2.75) is 43.0 Å². The molecule has 0 radical (unpaired) electrons. The topological polar surface area (TPSA) is 62.3 Å². The number of amides is 2. The van der Waals surface area contributed by atoms with Gasteiger partial charge in [0.05, 0.1) is 10.9 Å². The Kier molecular flexibility index (Phi) is 6.67. The van der Waals surface area contributed by atoms with Crippen molar-refractivity contribution >= 4 is 29.3 Å². The molecule has 2 aromatic carbocycles. The average Bonchev–Trinajstić information content (AvgIpc) is 2.80. The van der Waals surface area contributed by atoms with Crippen molar-refractivity contribution < 1.29 is 9.59 Å². The van der Waals surface area contributed by atoms with Gasteiger partial charge in [0.2, 0.25) is 11.8 Å². The summed E-state index contributed by atoms with van der Waals surface area (Å²) in [6.45, 7) is 3.07. The lowest BCUT2D eigenvalue weighted by Gasteiger charge is -2.27. The lowest BCUT2D eigenvalue weighted by Crippen LogP contribution is -2.37. The Labute approximate surface area is 186 Å². The zero-order valence-electron chi connectivity index (χ0n) is 17.5. The van der Waals surface area contributed by atoms with E-state index in [0.717, 1.165) is 28.1 Å². The van der Waals surface area contributed by atoms with Crippen LogP contribution in [0.25, 0.3) is 0 Å². The quantitative estimate of drug-likeness (QED) is 0.590. The molecule has 158 valence electrons. The minimum Gasteiger partial charge on any atom is -0.334 e. The molecule has 2 amide bonds. The van der Waals surface area contributed by atoms with Gasteiger partial charge in [-0.25, -0.2) is 0 Å². The van der Waals surface area contributed by atoms with Crippen LogP contribution >= 0.6 is 11.8 Å². The first kappa shape index (κ1) is 21.1. The van der Waals surface area contributed by atoms with Crippen LogP contribution in [-0.2, 0) is 29.1 Å². The Morgan fingerprint density at radius 2 is 1.74 bits per heavy atom. The second-order valence-electron chi connectivity index (χ2n) is 7.58. The number of benzene rings is 2. The summed E-state index contributed by atoms with van der Waals surface area (Å²) in [6.07, 6.45) is 4.63. The molecule has 2 heterocycles. The molecule has 0 bridgehead atoms. The number of aromatic nitrogens is 1. The minimum atomic E-state index is -0.443. The van der Waals surface area contributed by atoms with Gasteiger partial charge in [-0.05, 0) is 41.3 Å². The molecule has 0 saturated carbocycles. The van der Waals surface area contributed by atoms with Gasteiger partial charge in [0.1, 0.15) is 0 Å². The van der Waals surface area contributed by atoms with Gasteiger partial charge < -0.3 is 10.2 Å². The van der Waals surface area contributed by atoms with Gasteiger partial charge >= 0.3 is 0 Å². The van der Waals surface area contributed by atoms with Crippen molar-refractivity contribution in [3.63, 3.8) is 0 Å². The number of fused-ring (bicyclic) bond motifs is 1. The number of hydrogen-bond acceptors (Lipinski definition) is 4. The van der Waals surface area contributed by atoms with Gasteiger partial charge in [-0.1, -0.05) is 49.4 Å². The second-order valence-corrected chi connectivity index (χ2v) is 8.82. The molecule has 3 aromatic rings. The van der Waals surface area contributed by atoms with Crippen molar-refractivity contribution in [1.29, 1.82) is 0 Å². The summed E-state index contributed by atoms with van der Waals surface area (Å²) in [6, 6.07) is 19.9. The minimum absolute atomic E-state index is 0.0459. The Bertz CT molecular complexity index is 1050. The highest BCUT2D eigenvalue weighted by Gasteiger charge is 2.30. The van der Waals surface area contributed by atoms with Crippen molar-refractivity contribution in [3.05, 3.63) is 89.7 Å². The Morgan fingerprint density at radius 1 is 1.00 bits per heavy atom. The number of hydrogen-bond donors (Lipinski definition) is 1. The van der Waals surface area contributed by atoms with E-state index in [-0.39, 0.29) is 18.2 Å². The SMILES string of the molecule is CCc1ccc(CN(Cc2cccnc2)C(=O)C[C@@H]2Sc3ccccc3NC2=O)cc1. The molecule has 1 aliphatic heterocycles. The number of carbonyl (C=O) groups excluding carboxylic acids is 2. The molecule has 1 aliphatic rings. The van der Waals surface area contributed by atoms with Crippen LogP contribution in [0.4, 0.5) is 5.69 Å². The van der Waals surface area contributed by atoms with Gasteiger partial charge in [0, 0.05) is 36.8 Å². The van der Waals surface area contributed by atoms with Gasteiger partial charge in [0.25, 0.3) is 0 Å². The first-order valence-corrected chi connectivity index (χ1v) is 11.3. The normalized spacial score (nSPS) is 15.1. The summed E-state index contributed by atoms with van der Waals surface area (Å²) in [5.74, 6) is -0.166. The summed E-state index contributed by atoms with van der Waals surface area (Å²) in [4.78, 5) is 32.9. The number of nitrogens with one attached hydrogen (secondary N) is 1. The van der Waals surface area contributed by atoms with E-state index >= 15 is 0 Å². The lowest BCUT2D eigenvalue weighted by atomic mass is 10.1. The fraction of sp³-hybridized carbons (Fsp3) is 0.240. The molecule has 6 heteroatoms. The molecule has 1 N–H and O–H groups in total. The Balaban J connectivity index is 1.51. The summed E-state index contributed by atoms with van der Waals surface area (Å²) in [5.41, 5.74) is 4.11. The molecular weight excluding hydrogens is 406 g/mol. The van der Waals surface area contributed by atoms with Gasteiger partial charge in [-0.15, -0.1) is 11.8 Å². The maximum atomic E-state index is 13.3. The first-order chi connectivity index (χ1) is 15.1. The van der Waals surface area contributed by atoms with Crippen molar-refractivity contribution in [2.75, 3.05) is 5.32 Å². The highest BCUT2D eigenvalue weighted by molar-refractivity contribution is 8.01. The van der Waals surface area contributed by atoms with E-state index < -0.39 is 5.25 Å². The van der Waals surface area contributed by atoms with E-state index in [1.165, 1.54) is 17.3 Å². The van der Waals surface area contributed by atoms with E-state index in [9.17, 15) is 9.59 Å². The van der Waals surface area contributed by atoms with Crippen molar-refractivity contribution in [2.24, 2.45) is 0 Å². The van der Waals surface area contributed by atoms with Gasteiger partial charge in [0.15, 0.2) is 0 Å². The predicted molar refractivity (Wildman–Crippen MR) is 124 cm³/mol. The van der Waals surface area contributed by atoms with Gasteiger partial charge in [-0.3, -0.25) is 14.6 Å². The molecule has 5 nitrogen and oxygen atoms in total. The second kappa shape index (κ2) is 9.79. The number of para-hydroxylation sites is 1. The third-order valence-corrected chi connectivity index (χ3v) is 6.60. The zero-order chi connectivity index (χ0) is 21.6. The maximum Gasteiger partial charge on any atom is 0.238 e. The fourth-order valence-corrected chi connectivity index (χ4v) is 4.66. The number of anilines is 1. The molecule has 0 saturated heterocycles. The van der Waals surface area contributed by atoms with Crippen LogP contribution in [0.5, 0.6) is 0 Å². The first-order valence-electron chi connectivity index (χ1n) is 10.4.